The smallest absolute Gasteiger partial charge is 0.251 e. The van der Waals surface area contributed by atoms with Crippen molar-refractivity contribution < 1.29 is 19.1 Å². The molecule has 3 amide bonds. The molecule has 1 unspecified atom stereocenters. The van der Waals surface area contributed by atoms with Crippen LogP contribution in [0.1, 0.15) is 49.5 Å². The quantitative estimate of drug-likeness (QED) is 0.621. The molecular weight excluding hydrogens is 432 g/mol. The van der Waals surface area contributed by atoms with Gasteiger partial charge in [-0.15, -0.1) is 0 Å². The van der Waals surface area contributed by atoms with Crippen LogP contribution in [-0.4, -0.2) is 53.3 Å². The molecule has 2 N–H and O–H groups in total. The minimum absolute atomic E-state index is 0.0746. The van der Waals surface area contributed by atoms with Crippen LogP contribution < -0.4 is 15.4 Å². The van der Waals surface area contributed by atoms with Crippen molar-refractivity contribution >= 4 is 23.5 Å². The van der Waals surface area contributed by atoms with Gasteiger partial charge in [0, 0.05) is 30.8 Å². The van der Waals surface area contributed by atoms with E-state index in [2.05, 4.69) is 15.6 Å². The van der Waals surface area contributed by atoms with E-state index in [4.69, 9.17) is 4.74 Å². The first-order chi connectivity index (χ1) is 16.3. The molecule has 1 atom stereocenters. The van der Waals surface area contributed by atoms with Crippen LogP contribution in [0.3, 0.4) is 0 Å². The van der Waals surface area contributed by atoms with Gasteiger partial charge in [-0.2, -0.15) is 0 Å². The molecule has 1 saturated heterocycles. The van der Waals surface area contributed by atoms with E-state index in [9.17, 15) is 14.4 Å². The number of aryl methyl sites for hydroxylation is 1. The third kappa shape index (κ3) is 6.56. The first-order valence-electron chi connectivity index (χ1n) is 11.8. The minimum Gasteiger partial charge on any atom is -0.494 e. The summed E-state index contributed by atoms with van der Waals surface area (Å²) in [5.74, 6) is 0.494. The summed E-state index contributed by atoms with van der Waals surface area (Å²) in [7, 11) is 0. The Labute approximate surface area is 201 Å². The second-order valence-corrected chi connectivity index (χ2v) is 8.96. The van der Waals surface area contributed by atoms with Gasteiger partial charge in [0.25, 0.3) is 5.91 Å². The van der Waals surface area contributed by atoms with Gasteiger partial charge < -0.3 is 20.3 Å². The SMILES string of the molecule is CCOc1ccc(C(=O)NC(C(=O)N2CCC(C(=O)Nc3cc(C)ccn3)CC2)C(C)C)cc1. The maximum atomic E-state index is 13.2. The minimum atomic E-state index is -0.638. The number of aromatic nitrogens is 1. The number of benzene rings is 1. The van der Waals surface area contributed by atoms with Gasteiger partial charge in [-0.3, -0.25) is 14.4 Å². The zero-order valence-corrected chi connectivity index (χ0v) is 20.3. The van der Waals surface area contributed by atoms with E-state index in [0.29, 0.717) is 49.7 Å². The number of rotatable bonds is 8. The van der Waals surface area contributed by atoms with Gasteiger partial charge >= 0.3 is 0 Å². The summed E-state index contributed by atoms with van der Waals surface area (Å²) in [5.41, 5.74) is 1.50. The molecule has 8 nitrogen and oxygen atoms in total. The fraction of sp³-hybridized carbons (Fsp3) is 0.462. The highest BCUT2D eigenvalue weighted by atomic mass is 16.5. The van der Waals surface area contributed by atoms with Crippen LogP contribution in [0.4, 0.5) is 5.82 Å². The lowest BCUT2D eigenvalue weighted by Crippen LogP contribution is -2.53. The maximum absolute atomic E-state index is 13.2. The fourth-order valence-electron chi connectivity index (χ4n) is 4.00. The number of hydrogen-bond donors (Lipinski definition) is 2. The molecule has 0 radical (unpaired) electrons. The summed E-state index contributed by atoms with van der Waals surface area (Å²) in [5, 5.41) is 5.77. The zero-order valence-electron chi connectivity index (χ0n) is 20.3. The molecule has 182 valence electrons. The van der Waals surface area contributed by atoms with Crippen molar-refractivity contribution in [1.82, 2.24) is 15.2 Å². The predicted molar refractivity (Wildman–Crippen MR) is 131 cm³/mol. The summed E-state index contributed by atoms with van der Waals surface area (Å²) >= 11 is 0. The number of piperidine rings is 1. The topological polar surface area (TPSA) is 101 Å². The molecule has 1 fully saturated rings. The number of amides is 3. The Kier molecular flexibility index (Phi) is 8.62. The maximum Gasteiger partial charge on any atom is 0.251 e. The molecule has 1 aliphatic rings. The van der Waals surface area contributed by atoms with Crippen LogP contribution in [0, 0.1) is 18.8 Å². The summed E-state index contributed by atoms with van der Waals surface area (Å²) < 4.78 is 5.42. The second-order valence-electron chi connectivity index (χ2n) is 8.96. The highest BCUT2D eigenvalue weighted by Crippen LogP contribution is 2.21. The van der Waals surface area contributed by atoms with Gasteiger partial charge in [0.15, 0.2) is 0 Å². The Morgan fingerprint density at radius 3 is 2.38 bits per heavy atom. The van der Waals surface area contributed by atoms with Gasteiger partial charge in [0.2, 0.25) is 11.8 Å². The van der Waals surface area contributed by atoms with Crippen LogP contribution in [0.2, 0.25) is 0 Å². The first kappa shape index (κ1) is 25.2. The first-order valence-corrected chi connectivity index (χ1v) is 11.8. The van der Waals surface area contributed by atoms with E-state index < -0.39 is 6.04 Å². The fourth-order valence-corrected chi connectivity index (χ4v) is 4.00. The highest BCUT2D eigenvalue weighted by Gasteiger charge is 2.33. The molecule has 0 saturated carbocycles. The number of hydrogen-bond acceptors (Lipinski definition) is 5. The standard InChI is InChI=1S/C26H34N4O4/c1-5-34-21-8-6-19(7-9-21)25(32)29-23(17(2)3)26(33)30-14-11-20(12-15-30)24(31)28-22-16-18(4)10-13-27-22/h6-10,13,16-17,20,23H,5,11-12,14-15H2,1-4H3,(H,29,32)(H,27,28,31). The Morgan fingerprint density at radius 2 is 1.79 bits per heavy atom. The Morgan fingerprint density at radius 1 is 1.12 bits per heavy atom. The van der Waals surface area contributed by atoms with Crippen LogP contribution in [0.15, 0.2) is 42.6 Å². The van der Waals surface area contributed by atoms with Crippen molar-refractivity contribution in [3.63, 3.8) is 0 Å². The normalized spacial score (nSPS) is 15.0. The largest absolute Gasteiger partial charge is 0.494 e. The Balaban J connectivity index is 1.55. The number of nitrogens with one attached hydrogen (secondary N) is 2. The van der Waals surface area contributed by atoms with Crippen LogP contribution in [0.5, 0.6) is 5.75 Å². The highest BCUT2D eigenvalue weighted by molar-refractivity contribution is 5.98. The average Bonchev–Trinajstić information content (AvgIpc) is 2.82. The Bertz CT molecular complexity index is 998. The number of carbonyl (C=O) groups excluding carboxylic acids is 3. The van der Waals surface area contributed by atoms with E-state index in [1.165, 1.54) is 0 Å². The predicted octanol–water partition coefficient (Wildman–Crippen LogP) is 3.42. The number of anilines is 1. The average molecular weight is 467 g/mol. The third-order valence-corrected chi connectivity index (χ3v) is 5.99. The van der Waals surface area contributed by atoms with Gasteiger partial charge in [0.1, 0.15) is 17.6 Å². The lowest BCUT2D eigenvalue weighted by atomic mass is 9.94. The van der Waals surface area contributed by atoms with Crippen molar-refractivity contribution in [2.24, 2.45) is 11.8 Å². The third-order valence-electron chi connectivity index (χ3n) is 5.99. The molecule has 1 aliphatic heterocycles. The van der Waals surface area contributed by atoms with E-state index in [1.807, 2.05) is 39.8 Å². The van der Waals surface area contributed by atoms with E-state index >= 15 is 0 Å². The molecule has 2 aromatic rings. The van der Waals surface area contributed by atoms with Gasteiger partial charge in [0.05, 0.1) is 6.61 Å². The lowest BCUT2D eigenvalue weighted by molar-refractivity contribution is -0.137. The number of carbonyl (C=O) groups is 3. The van der Waals surface area contributed by atoms with Crippen molar-refractivity contribution in [3.05, 3.63) is 53.7 Å². The Hall–Kier alpha value is -3.42. The van der Waals surface area contributed by atoms with Gasteiger partial charge in [-0.1, -0.05) is 13.8 Å². The molecule has 0 bridgehead atoms. The monoisotopic (exact) mass is 466 g/mol. The molecule has 8 heteroatoms. The summed E-state index contributed by atoms with van der Waals surface area (Å²) in [6.07, 6.45) is 2.81. The molecular formula is C26H34N4O4. The summed E-state index contributed by atoms with van der Waals surface area (Å²) in [6.45, 7) is 9.17. The molecule has 2 heterocycles. The van der Waals surface area contributed by atoms with E-state index in [-0.39, 0.29) is 29.6 Å². The summed E-state index contributed by atoms with van der Waals surface area (Å²) in [6, 6.07) is 9.93. The van der Waals surface area contributed by atoms with Crippen LogP contribution in [0.25, 0.3) is 0 Å². The van der Waals surface area contributed by atoms with Crippen LogP contribution >= 0.6 is 0 Å². The molecule has 1 aromatic heterocycles. The van der Waals surface area contributed by atoms with Gasteiger partial charge in [-0.25, -0.2) is 4.98 Å². The number of pyridine rings is 1. The van der Waals surface area contributed by atoms with Crippen molar-refractivity contribution in [2.75, 3.05) is 25.0 Å². The second kappa shape index (κ2) is 11.6. The molecule has 34 heavy (non-hydrogen) atoms. The molecule has 3 rings (SSSR count). The van der Waals surface area contributed by atoms with E-state index in [1.54, 1.807) is 35.4 Å². The number of nitrogens with zero attached hydrogens (tertiary/aromatic N) is 2. The number of ether oxygens (including phenoxy) is 1. The zero-order chi connectivity index (χ0) is 24.7. The molecule has 1 aromatic carbocycles. The van der Waals surface area contributed by atoms with Crippen molar-refractivity contribution in [1.29, 1.82) is 0 Å². The summed E-state index contributed by atoms with van der Waals surface area (Å²) in [4.78, 5) is 44.6. The molecule has 0 aliphatic carbocycles. The van der Waals surface area contributed by atoms with Crippen molar-refractivity contribution in [2.45, 2.75) is 46.6 Å². The van der Waals surface area contributed by atoms with Crippen molar-refractivity contribution in [3.8, 4) is 5.75 Å². The van der Waals surface area contributed by atoms with Gasteiger partial charge in [-0.05, 0) is 74.6 Å². The van der Waals surface area contributed by atoms with E-state index in [0.717, 1.165) is 5.56 Å². The lowest BCUT2D eigenvalue weighted by Gasteiger charge is -2.35. The molecule has 0 spiro atoms. The number of likely N-dealkylation sites (tertiary alicyclic amines) is 1. The van der Waals surface area contributed by atoms with Crippen LogP contribution in [-0.2, 0) is 9.59 Å².